The quantitative estimate of drug-likeness (QED) is 0.752. The molecule has 2 rings (SSSR count). The SMILES string of the molecule is COCC(O)COC1CCC(C(C)(C)C2CCC(C)CC2)CC1. The van der Waals surface area contributed by atoms with Gasteiger partial charge in [0.2, 0.25) is 0 Å². The van der Waals surface area contributed by atoms with E-state index >= 15 is 0 Å². The highest BCUT2D eigenvalue weighted by Crippen LogP contribution is 2.49. The highest BCUT2D eigenvalue weighted by molar-refractivity contribution is 4.90. The van der Waals surface area contributed by atoms with Crippen LogP contribution in [0, 0.1) is 23.2 Å². The molecule has 3 nitrogen and oxygen atoms in total. The number of aliphatic hydroxyl groups is 1. The van der Waals surface area contributed by atoms with Gasteiger partial charge in [-0.05, 0) is 61.7 Å². The van der Waals surface area contributed by atoms with Gasteiger partial charge in [0.05, 0.1) is 19.3 Å². The summed E-state index contributed by atoms with van der Waals surface area (Å²) < 4.78 is 10.8. The molecule has 1 atom stereocenters. The Morgan fingerprint density at radius 3 is 1.96 bits per heavy atom. The van der Waals surface area contributed by atoms with E-state index in [9.17, 15) is 5.11 Å². The fraction of sp³-hybridized carbons (Fsp3) is 1.00. The van der Waals surface area contributed by atoms with Crippen molar-refractivity contribution < 1.29 is 14.6 Å². The lowest BCUT2D eigenvalue weighted by molar-refractivity contribution is -0.0610. The van der Waals surface area contributed by atoms with Gasteiger partial charge < -0.3 is 14.6 Å². The Kier molecular flexibility index (Phi) is 7.37. The molecule has 0 bridgehead atoms. The minimum absolute atomic E-state index is 0.333. The molecule has 0 aliphatic heterocycles. The Labute approximate surface area is 143 Å². The van der Waals surface area contributed by atoms with Crippen LogP contribution in [-0.4, -0.2) is 37.6 Å². The van der Waals surface area contributed by atoms with Gasteiger partial charge in [-0.2, -0.15) is 0 Å². The summed E-state index contributed by atoms with van der Waals surface area (Å²) in [5.41, 5.74) is 0.473. The normalized spacial score (nSPS) is 34.3. The van der Waals surface area contributed by atoms with Crippen molar-refractivity contribution in [3.05, 3.63) is 0 Å². The van der Waals surface area contributed by atoms with Crippen molar-refractivity contribution >= 4 is 0 Å². The summed E-state index contributed by atoms with van der Waals surface area (Å²) in [5, 5.41) is 9.70. The van der Waals surface area contributed by atoms with Crippen LogP contribution in [0.1, 0.15) is 72.1 Å². The largest absolute Gasteiger partial charge is 0.388 e. The van der Waals surface area contributed by atoms with Crippen LogP contribution in [0.2, 0.25) is 0 Å². The second-order valence-electron chi connectivity index (χ2n) is 8.69. The monoisotopic (exact) mass is 326 g/mol. The van der Waals surface area contributed by atoms with Gasteiger partial charge in [-0.25, -0.2) is 0 Å². The van der Waals surface area contributed by atoms with E-state index in [2.05, 4.69) is 20.8 Å². The summed E-state index contributed by atoms with van der Waals surface area (Å²) in [6.07, 6.45) is 10.4. The maximum atomic E-state index is 9.70. The molecule has 2 fully saturated rings. The molecule has 0 aromatic heterocycles. The molecule has 136 valence electrons. The summed E-state index contributed by atoms with van der Waals surface area (Å²) in [7, 11) is 1.61. The van der Waals surface area contributed by atoms with Crippen LogP contribution in [0.15, 0.2) is 0 Å². The molecule has 0 spiro atoms. The number of hydrogen-bond acceptors (Lipinski definition) is 3. The zero-order valence-electron chi connectivity index (χ0n) is 15.7. The van der Waals surface area contributed by atoms with E-state index in [1.54, 1.807) is 7.11 Å². The van der Waals surface area contributed by atoms with Crippen LogP contribution < -0.4 is 0 Å². The van der Waals surface area contributed by atoms with Crippen LogP contribution in [0.4, 0.5) is 0 Å². The molecule has 2 aliphatic rings. The van der Waals surface area contributed by atoms with Crippen LogP contribution in [0.25, 0.3) is 0 Å². The third kappa shape index (κ3) is 5.44. The molecule has 23 heavy (non-hydrogen) atoms. The lowest BCUT2D eigenvalue weighted by atomic mass is 9.60. The summed E-state index contributed by atoms with van der Waals surface area (Å²) >= 11 is 0. The lowest BCUT2D eigenvalue weighted by Crippen LogP contribution is -2.38. The smallest absolute Gasteiger partial charge is 0.101 e. The molecule has 2 saturated carbocycles. The van der Waals surface area contributed by atoms with Crippen LogP contribution >= 0.6 is 0 Å². The Morgan fingerprint density at radius 2 is 1.43 bits per heavy atom. The zero-order chi connectivity index (χ0) is 16.9. The molecule has 0 aromatic rings. The third-order valence-electron chi connectivity index (χ3n) is 6.68. The van der Waals surface area contributed by atoms with E-state index in [0.29, 0.717) is 24.7 Å². The Balaban J connectivity index is 1.74. The van der Waals surface area contributed by atoms with Crippen molar-refractivity contribution in [3.8, 4) is 0 Å². The lowest BCUT2D eigenvalue weighted by Gasteiger charge is -2.46. The van der Waals surface area contributed by atoms with Gasteiger partial charge >= 0.3 is 0 Å². The second kappa shape index (κ2) is 8.82. The van der Waals surface area contributed by atoms with Gasteiger partial charge in [-0.1, -0.05) is 33.6 Å². The molecule has 0 heterocycles. The summed E-state index contributed by atoms with van der Waals surface area (Å²) in [6, 6.07) is 0. The molecule has 0 saturated heterocycles. The van der Waals surface area contributed by atoms with Crippen LogP contribution in [0.5, 0.6) is 0 Å². The van der Waals surface area contributed by atoms with Gasteiger partial charge in [0.1, 0.15) is 6.10 Å². The maximum Gasteiger partial charge on any atom is 0.101 e. The summed E-state index contributed by atoms with van der Waals surface area (Å²) in [5.74, 6) is 2.68. The van der Waals surface area contributed by atoms with E-state index in [4.69, 9.17) is 9.47 Å². The van der Waals surface area contributed by atoms with Gasteiger partial charge in [0.15, 0.2) is 0 Å². The van der Waals surface area contributed by atoms with Crippen molar-refractivity contribution in [2.45, 2.75) is 84.3 Å². The fourth-order valence-corrected chi connectivity index (χ4v) is 4.80. The molecule has 2 aliphatic carbocycles. The van der Waals surface area contributed by atoms with Crippen molar-refractivity contribution in [2.75, 3.05) is 20.3 Å². The van der Waals surface area contributed by atoms with Gasteiger partial charge in [-0.15, -0.1) is 0 Å². The van der Waals surface area contributed by atoms with Gasteiger partial charge in [0, 0.05) is 7.11 Å². The minimum atomic E-state index is -0.488. The molecule has 0 radical (unpaired) electrons. The Bertz CT molecular complexity index is 326. The first kappa shape index (κ1) is 19.2. The van der Waals surface area contributed by atoms with E-state index < -0.39 is 6.10 Å². The Hall–Kier alpha value is -0.120. The predicted octanol–water partition coefficient (Wildman–Crippen LogP) is 4.42. The zero-order valence-corrected chi connectivity index (χ0v) is 15.7. The summed E-state index contributed by atoms with van der Waals surface area (Å²) in [4.78, 5) is 0. The van der Waals surface area contributed by atoms with Gasteiger partial charge in [-0.3, -0.25) is 0 Å². The van der Waals surface area contributed by atoms with Crippen LogP contribution in [0.3, 0.4) is 0 Å². The standard InChI is InChI=1S/C20H38O3/c1-15-5-7-16(8-6-15)20(2,3)17-9-11-19(12-10-17)23-14-18(21)13-22-4/h15-19,21H,5-14H2,1-4H3. The molecular weight excluding hydrogens is 288 g/mol. The highest BCUT2D eigenvalue weighted by Gasteiger charge is 2.40. The third-order valence-corrected chi connectivity index (χ3v) is 6.68. The number of hydrogen-bond donors (Lipinski definition) is 1. The first-order valence-electron chi connectivity index (χ1n) is 9.72. The second-order valence-corrected chi connectivity index (χ2v) is 8.69. The number of aliphatic hydroxyl groups excluding tert-OH is 1. The molecule has 1 unspecified atom stereocenters. The Morgan fingerprint density at radius 1 is 0.913 bits per heavy atom. The van der Waals surface area contributed by atoms with E-state index in [0.717, 1.165) is 30.6 Å². The maximum absolute atomic E-state index is 9.70. The average Bonchev–Trinajstić information content (AvgIpc) is 2.54. The van der Waals surface area contributed by atoms with Crippen molar-refractivity contribution in [1.82, 2.24) is 0 Å². The van der Waals surface area contributed by atoms with E-state index in [1.807, 2.05) is 0 Å². The van der Waals surface area contributed by atoms with E-state index in [-0.39, 0.29) is 0 Å². The minimum Gasteiger partial charge on any atom is -0.388 e. The predicted molar refractivity (Wildman–Crippen MR) is 94.5 cm³/mol. The number of methoxy groups -OCH3 is 1. The number of ether oxygens (including phenoxy) is 2. The average molecular weight is 327 g/mol. The first-order chi connectivity index (χ1) is 10.9. The number of rotatable bonds is 7. The van der Waals surface area contributed by atoms with Crippen molar-refractivity contribution in [1.29, 1.82) is 0 Å². The molecule has 1 N–H and O–H groups in total. The fourth-order valence-electron chi connectivity index (χ4n) is 4.80. The molecular formula is C20H38O3. The van der Waals surface area contributed by atoms with Crippen molar-refractivity contribution in [2.24, 2.45) is 23.2 Å². The van der Waals surface area contributed by atoms with E-state index in [1.165, 1.54) is 38.5 Å². The van der Waals surface area contributed by atoms with Crippen LogP contribution in [-0.2, 0) is 9.47 Å². The van der Waals surface area contributed by atoms with Crippen molar-refractivity contribution in [3.63, 3.8) is 0 Å². The summed E-state index contributed by atoms with van der Waals surface area (Å²) in [6.45, 7) is 8.21. The molecule has 0 amide bonds. The molecule has 0 aromatic carbocycles. The van der Waals surface area contributed by atoms with Gasteiger partial charge in [0.25, 0.3) is 0 Å². The molecule has 3 heteroatoms. The first-order valence-corrected chi connectivity index (χ1v) is 9.72. The topological polar surface area (TPSA) is 38.7 Å². The highest BCUT2D eigenvalue weighted by atomic mass is 16.5.